The number of amides is 2. The molecular weight excluding hydrogens is 448 g/mol. The molecule has 3 aromatic carbocycles. The Balaban J connectivity index is 1.95. The molecule has 2 amide bonds. The van der Waals surface area contributed by atoms with Gasteiger partial charge >= 0.3 is 16.1 Å². The monoisotopic (exact) mass is 480 g/mol. The van der Waals surface area contributed by atoms with Crippen LogP contribution in [-0.4, -0.2) is 14.4 Å². The minimum absolute atomic E-state index is 0.0392. The number of rotatable bonds is 7. The minimum atomic E-state index is -4.02. The van der Waals surface area contributed by atoms with Crippen molar-refractivity contribution in [2.24, 2.45) is 0 Å². The van der Waals surface area contributed by atoms with Gasteiger partial charge in [-0.25, -0.2) is 4.79 Å². The Morgan fingerprint density at radius 3 is 1.65 bits per heavy atom. The lowest BCUT2D eigenvalue weighted by Gasteiger charge is -2.21. The van der Waals surface area contributed by atoms with Crippen LogP contribution in [-0.2, 0) is 10.1 Å². The molecule has 0 bridgehead atoms. The molecule has 6 nitrogen and oxygen atoms in total. The van der Waals surface area contributed by atoms with Gasteiger partial charge in [-0.05, 0) is 62.1 Å². The molecule has 0 aromatic heterocycles. The van der Waals surface area contributed by atoms with Crippen molar-refractivity contribution in [3.8, 4) is 5.75 Å². The zero-order valence-electron chi connectivity index (χ0n) is 20.5. The molecule has 34 heavy (non-hydrogen) atoms. The topological polar surface area (TPSA) is 84.5 Å². The Bertz CT molecular complexity index is 1230. The summed E-state index contributed by atoms with van der Waals surface area (Å²) in [5, 5.41) is 5.69. The average molecular weight is 481 g/mol. The maximum absolute atomic E-state index is 13.1. The molecule has 3 aromatic rings. The number of carbonyl (C=O) groups is 1. The van der Waals surface area contributed by atoms with Crippen LogP contribution in [0.3, 0.4) is 0 Å². The molecule has 0 unspecified atom stereocenters. The third-order valence-electron chi connectivity index (χ3n) is 5.46. The van der Waals surface area contributed by atoms with Crippen LogP contribution in [0.5, 0.6) is 5.75 Å². The van der Waals surface area contributed by atoms with Crippen molar-refractivity contribution in [2.75, 3.05) is 10.6 Å². The second-order valence-electron chi connectivity index (χ2n) is 9.09. The molecule has 7 heteroatoms. The number of hydrogen-bond donors (Lipinski definition) is 2. The number of hydrogen-bond acceptors (Lipinski definition) is 4. The fourth-order valence-corrected chi connectivity index (χ4v) is 4.47. The largest absolute Gasteiger partial charge is 0.378 e. The van der Waals surface area contributed by atoms with Crippen LogP contribution in [0, 0.1) is 13.8 Å². The van der Waals surface area contributed by atoms with Gasteiger partial charge in [-0.15, -0.1) is 0 Å². The van der Waals surface area contributed by atoms with E-state index in [0.717, 1.165) is 11.1 Å². The van der Waals surface area contributed by atoms with Gasteiger partial charge in [-0.2, -0.15) is 8.42 Å². The lowest BCUT2D eigenvalue weighted by atomic mass is 9.93. The molecule has 0 radical (unpaired) electrons. The fraction of sp³-hybridized carbons (Fsp3) is 0.296. The average Bonchev–Trinajstić information content (AvgIpc) is 2.76. The van der Waals surface area contributed by atoms with E-state index in [2.05, 4.69) is 10.6 Å². The third kappa shape index (κ3) is 6.17. The molecule has 0 aliphatic carbocycles. The van der Waals surface area contributed by atoms with Gasteiger partial charge in [-0.1, -0.05) is 63.1 Å². The van der Waals surface area contributed by atoms with Crippen molar-refractivity contribution >= 4 is 27.5 Å². The molecule has 0 atom stereocenters. The number of carbonyl (C=O) groups excluding carboxylic acids is 1. The number of aryl methyl sites for hydroxylation is 2. The highest BCUT2D eigenvalue weighted by Gasteiger charge is 2.24. The summed E-state index contributed by atoms with van der Waals surface area (Å²) in [6.45, 7) is 11.7. The van der Waals surface area contributed by atoms with E-state index in [1.165, 1.54) is 0 Å². The maximum atomic E-state index is 13.1. The fourth-order valence-electron chi connectivity index (χ4n) is 3.49. The van der Waals surface area contributed by atoms with Crippen LogP contribution in [0.15, 0.2) is 65.6 Å². The van der Waals surface area contributed by atoms with Crippen molar-refractivity contribution in [2.45, 2.75) is 58.3 Å². The zero-order chi connectivity index (χ0) is 25.0. The summed E-state index contributed by atoms with van der Waals surface area (Å²) >= 11 is 0. The first-order valence-electron chi connectivity index (χ1n) is 11.3. The normalized spacial score (nSPS) is 11.5. The molecular formula is C27H32N2O4S. The Kier molecular flexibility index (Phi) is 7.67. The van der Waals surface area contributed by atoms with E-state index >= 15 is 0 Å². The predicted octanol–water partition coefficient (Wildman–Crippen LogP) is 6.96. The number of anilines is 2. The smallest absolute Gasteiger partial charge is 0.339 e. The standard InChI is InChI=1S/C27H32N2O4S/c1-17(2)24-15-22(29-27(30)28-21-11-7-19(5)8-12-21)16-25(18(3)4)26(24)33-34(31,32)23-13-9-20(6)10-14-23/h7-18H,1-6H3,(H2,28,29,30). The molecule has 180 valence electrons. The molecule has 0 saturated carbocycles. The second-order valence-corrected chi connectivity index (χ2v) is 10.6. The first-order chi connectivity index (χ1) is 16.0. The van der Waals surface area contributed by atoms with E-state index in [1.807, 2.05) is 65.8 Å². The van der Waals surface area contributed by atoms with Gasteiger partial charge in [-0.3, -0.25) is 0 Å². The summed E-state index contributed by atoms with van der Waals surface area (Å²) in [7, 11) is -4.02. The van der Waals surface area contributed by atoms with E-state index in [-0.39, 0.29) is 22.8 Å². The van der Waals surface area contributed by atoms with Crippen molar-refractivity contribution in [3.05, 3.63) is 82.9 Å². The number of benzene rings is 3. The molecule has 0 fully saturated rings. The Labute approximate surface area is 202 Å². The summed E-state index contributed by atoms with van der Waals surface area (Å²) in [6, 6.07) is 17.2. The summed E-state index contributed by atoms with van der Waals surface area (Å²) < 4.78 is 31.8. The Morgan fingerprint density at radius 1 is 0.735 bits per heavy atom. The van der Waals surface area contributed by atoms with Gasteiger partial charge in [0.2, 0.25) is 0 Å². The van der Waals surface area contributed by atoms with E-state index in [0.29, 0.717) is 28.3 Å². The Morgan fingerprint density at radius 2 is 1.18 bits per heavy atom. The van der Waals surface area contributed by atoms with Gasteiger partial charge in [0.05, 0.1) is 0 Å². The van der Waals surface area contributed by atoms with Crippen molar-refractivity contribution < 1.29 is 17.4 Å². The van der Waals surface area contributed by atoms with Gasteiger partial charge < -0.3 is 14.8 Å². The lowest BCUT2D eigenvalue weighted by molar-refractivity contribution is 0.262. The van der Waals surface area contributed by atoms with Crippen LogP contribution < -0.4 is 14.8 Å². The number of nitrogens with one attached hydrogen (secondary N) is 2. The highest BCUT2D eigenvalue weighted by Crippen LogP contribution is 2.39. The summed E-state index contributed by atoms with van der Waals surface area (Å²) in [6.07, 6.45) is 0. The van der Waals surface area contributed by atoms with Crippen LogP contribution in [0.4, 0.5) is 16.2 Å². The SMILES string of the molecule is Cc1ccc(NC(=O)Nc2cc(C(C)C)c(OS(=O)(=O)c3ccc(C)cc3)c(C(C)C)c2)cc1. The second kappa shape index (κ2) is 10.3. The molecule has 2 N–H and O–H groups in total. The van der Waals surface area contributed by atoms with Crippen LogP contribution in [0.25, 0.3) is 0 Å². The van der Waals surface area contributed by atoms with Gasteiger partial charge in [0.1, 0.15) is 10.6 Å². The van der Waals surface area contributed by atoms with E-state index < -0.39 is 10.1 Å². The third-order valence-corrected chi connectivity index (χ3v) is 6.70. The molecule has 0 saturated heterocycles. The molecule has 3 rings (SSSR count). The van der Waals surface area contributed by atoms with E-state index in [9.17, 15) is 13.2 Å². The van der Waals surface area contributed by atoms with Gasteiger partial charge in [0, 0.05) is 22.5 Å². The minimum Gasteiger partial charge on any atom is -0.378 e. The first kappa shape index (κ1) is 25.3. The molecule has 0 aliphatic heterocycles. The predicted molar refractivity (Wildman–Crippen MR) is 137 cm³/mol. The Hall–Kier alpha value is -3.32. The van der Waals surface area contributed by atoms with E-state index in [1.54, 1.807) is 36.4 Å². The van der Waals surface area contributed by atoms with E-state index in [4.69, 9.17) is 4.18 Å². The van der Waals surface area contributed by atoms with Crippen molar-refractivity contribution in [1.82, 2.24) is 0 Å². The quantitative estimate of drug-likeness (QED) is 0.358. The summed E-state index contributed by atoms with van der Waals surface area (Å²) in [5.74, 6) is 0.236. The van der Waals surface area contributed by atoms with Crippen LogP contribution in [0.2, 0.25) is 0 Å². The maximum Gasteiger partial charge on any atom is 0.339 e. The molecule has 0 aliphatic rings. The van der Waals surface area contributed by atoms with Gasteiger partial charge in [0.25, 0.3) is 0 Å². The molecule has 0 heterocycles. The lowest BCUT2D eigenvalue weighted by Crippen LogP contribution is -2.20. The summed E-state index contributed by atoms with van der Waals surface area (Å²) in [5.41, 5.74) is 4.71. The molecule has 0 spiro atoms. The van der Waals surface area contributed by atoms with Gasteiger partial charge in [0.15, 0.2) is 0 Å². The van der Waals surface area contributed by atoms with Crippen molar-refractivity contribution in [3.63, 3.8) is 0 Å². The van der Waals surface area contributed by atoms with Crippen LogP contribution in [0.1, 0.15) is 61.8 Å². The highest BCUT2D eigenvalue weighted by molar-refractivity contribution is 7.87. The van der Waals surface area contributed by atoms with Crippen LogP contribution >= 0.6 is 0 Å². The summed E-state index contributed by atoms with van der Waals surface area (Å²) in [4.78, 5) is 12.7. The van der Waals surface area contributed by atoms with Crippen molar-refractivity contribution in [1.29, 1.82) is 0 Å². The first-order valence-corrected chi connectivity index (χ1v) is 12.7. The highest BCUT2D eigenvalue weighted by atomic mass is 32.2. The zero-order valence-corrected chi connectivity index (χ0v) is 21.3. The number of urea groups is 1.